The standard InChI is InChI=1S/C21H17N5O3S/c27-18(6-7-19-25-20(26-29-19)14-8-10-22-11-9-14)23-15-3-1-4-16(13-15)24-21(28)17-5-2-12-30-17/h1-5,8-13H,6-7H2,(H,23,27)(H,24,28). The summed E-state index contributed by atoms with van der Waals surface area (Å²) >= 11 is 1.37. The summed E-state index contributed by atoms with van der Waals surface area (Å²) in [5.41, 5.74) is 1.99. The second-order valence-electron chi connectivity index (χ2n) is 6.31. The number of anilines is 2. The smallest absolute Gasteiger partial charge is 0.265 e. The van der Waals surface area contributed by atoms with E-state index in [9.17, 15) is 9.59 Å². The van der Waals surface area contributed by atoms with E-state index < -0.39 is 0 Å². The zero-order valence-electron chi connectivity index (χ0n) is 15.7. The van der Waals surface area contributed by atoms with Gasteiger partial charge in [-0.2, -0.15) is 4.98 Å². The van der Waals surface area contributed by atoms with E-state index in [4.69, 9.17) is 4.52 Å². The molecule has 9 heteroatoms. The Labute approximate surface area is 176 Å². The Bertz CT molecular complexity index is 1140. The maximum Gasteiger partial charge on any atom is 0.265 e. The van der Waals surface area contributed by atoms with E-state index >= 15 is 0 Å². The highest BCUT2D eigenvalue weighted by Gasteiger charge is 2.12. The molecule has 0 saturated heterocycles. The van der Waals surface area contributed by atoms with Crippen molar-refractivity contribution in [1.29, 1.82) is 0 Å². The maximum atomic E-state index is 12.3. The van der Waals surface area contributed by atoms with Gasteiger partial charge in [0.05, 0.1) is 4.88 Å². The molecule has 8 nitrogen and oxygen atoms in total. The molecule has 0 fully saturated rings. The molecule has 3 aromatic heterocycles. The third kappa shape index (κ3) is 4.95. The topological polar surface area (TPSA) is 110 Å². The summed E-state index contributed by atoms with van der Waals surface area (Å²) in [7, 11) is 0. The van der Waals surface area contributed by atoms with E-state index in [0.717, 1.165) is 5.56 Å². The molecule has 0 saturated carbocycles. The molecule has 4 aromatic rings. The van der Waals surface area contributed by atoms with Crippen LogP contribution in [0, 0.1) is 0 Å². The minimum Gasteiger partial charge on any atom is -0.339 e. The first kappa shape index (κ1) is 19.5. The largest absolute Gasteiger partial charge is 0.339 e. The molecule has 0 atom stereocenters. The SMILES string of the molecule is O=C(CCc1nc(-c2ccncc2)no1)Nc1cccc(NC(=O)c2cccs2)c1. The lowest BCUT2D eigenvalue weighted by Crippen LogP contribution is -2.13. The van der Waals surface area contributed by atoms with Crippen LogP contribution in [0.1, 0.15) is 22.0 Å². The summed E-state index contributed by atoms with van der Waals surface area (Å²) in [5.74, 6) is 0.464. The molecule has 0 aliphatic rings. The van der Waals surface area contributed by atoms with Crippen LogP contribution < -0.4 is 10.6 Å². The summed E-state index contributed by atoms with van der Waals surface area (Å²) in [6.45, 7) is 0. The van der Waals surface area contributed by atoms with Gasteiger partial charge in [-0.3, -0.25) is 14.6 Å². The molecule has 0 unspecified atom stereocenters. The van der Waals surface area contributed by atoms with Gasteiger partial charge in [-0.15, -0.1) is 11.3 Å². The predicted octanol–water partition coefficient (Wildman–Crippen LogP) is 4.02. The molecule has 0 spiro atoms. The molecule has 2 N–H and O–H groups in total. The van der Waals surface area contributed by atoms with Crippen molar-refractivity contribution in [2.75, 3.05) is 10.6 Å². The van der Waals surface area contributed by atoms with Gasteiger partial charge < -0.3 is 15.2 Å². The lowest BCUT2D eigenvalue weighted by atomic mass is 10.2. The van der Waals surface area contributed by atoms with Crippen molar-refractivity contribution in [2.45, 2.75) is 12.8 Å². The van der Waals surface area contributed by atoms with Gasteiger partial charge in [0.25, 0.3) is 5.91 Å². The van der Waals surface area contributed by atoms with Crippen LogP contribution in [0.5, 0.6) is 0 Å². The van der Waals surface area contributed by atoms with Crippen LogP contribution in [0.2, 0.25) is 0 Å². The number of nitrogens with zero attached hydrogens (tertiary/aromatic N) is 3. The van der Waals surface area contributed by atoms with Crippen LogP contribution in [0.25, 0.3) is 11.4 Å². The van der Waals surface area contributed by atoms with Gasteiger partial charge in [0, 0.05) is 42.2 Å². The minimum atomic E-state index is -0.194. The average molecular weight is 419 g/mol. The zero-order valence-corrected chi connectivity index (χ0v) is 16.6. The highest BCUT2D eigenvalue weighted by Crippen LogP contribution is 2.18. The number of rotatable bonds is 7. The van der Waals surface area contributed by atoms with Gasteiger partial charge in [0.2, 0.25) is 17.6 Å². The fourth-order valence-corrected chi connectivity index (χ4v) is 3.31. The van der Waals surface area contributed by atoms with Crippen molar-refractivity contribution in [2.24, 2.45) is 0 Å². The molecule has 150 valence electrons. The van der Waals surface area contributed by atoms with Crippen LogP contribution in [0.15, 0.2) is 70.8 Å². The van der Waals surface area contributed by atoms with Crippen molar-refractivity contribution in [3.63, 3.8) is 0 Å². The van der Waals surface area contributed by atoms with Crippen LogP contribution in [-0.4, -0.2) is 26.9 Å². The van der Waals surface area contributed by atoms with E-state index in [1.165, 1.54) is 11.3 Å². The third-order valence-electron chi connectivity index (χ3n) is 4.12. The summed E-state index contributed by atoms with van der Waals surface area (Å²) < 4.78 is 5.21. The number of carbonyl (C=O) groups excluding carboxylic acids is 2. The van der Waals surface area contributed by atoms with E-state index in [0.29, 0.717) is 34.4 Å². The van der Waals surface area contributed by atoms with Gasteiger partial charge in [-0.25, -0.2) is 0 Å². The van der Waals surface area contributed by atoms with Crippen molar-refractivity contribution < 1.29 is 14.1 Å². The fourth-order valence-electron chi connectivity index (χ4n) is 2.69. The van der Waals surface area contributed by atoms with E-state index in [-0.39, 0.29) is 18.2 Å². The number of hydrogen-bond donors (Lipinski definition) is 2. The Morgan fingerprint density at radius 1 is 1.00 bits per heavy atom. The molecular formula is C21H17N5O3S. The molecular weight excluding hydrogens is 402 g/mol. The first-order valence-corrected chi connectivity index (χ1v) is 10.0. The summed E-state index contributed by atoms with van der Waals surface area (Å²) in [6, 6.07) is 14.1. The highest BCUT2D eigenvalue weighted by atomic mass is 32.1. The molecule has 0 aliphatic heterocycles. The average Bonchev–Trinajstić information content (AvgIpc) is 3.46. The molecule has 2 amide bonds. The molecule has 4 rings (SSSR count). The number of amides is 2. The molecule has 0 radical (unpaired) electrons. The third-order valence-corrected chi connectivity index (χ3v) is 4.99. The van der Waals surface area contributed by atoms with Gasteiger partial charge in [0.15, 0.2) is 0 Å². The van der Waals surface area contributed by atoms with Gasteiger partial charge in [0.1, 0.15) is 0 Å². The van der Waals surface area contributed by atoms with Crippen molar-refractivity contribution in [1.82, 2.24) is 15.1 Å². The number of hydrogen-bond acceptors (Lipinski definition) is 7. The number of pyridine rings is 1. The summed E-state index contributed by atoms with van der Waals surface area (Å²) in [5, 5.41) is 11.4. The first-order chi connectivity index (χ1) is 14.7. The van der Waals surface area contributed by atoms with E-state index in [1.54, 1.807) is 54.9 Å². The van der Waals surface area contributed by atoms with Gasteiger partial charge >= 0.3 is 0 Å². The predicted molar refractivity (Wildman–Crippen MR) is 113 cm³/mol. The molecule has 3 heterocycles. The Morgan fingerprint density at radius 3 is 2.57 bits per heavy atom. The van der Waals surface area contributed by atoms with Crippen LogP contribution >= 0.6 is 11.3 Å². The number of carbonyl (C=O) groups is 2. The Hall–Kier alpha value is -3.85. The molecule has 0 aliphatic carbocycles. The number of aromatic nitrogens is 3. The summed E-state index contributed by atoms with van der Waals surface area (Å²) in [4.78, 5) is 33.3. The molecule has 30 heavy (non-hydrogen) atoms. The lowest BCUT2D eigenvalue weighted by Gasteiger charge is -2.08. The van der Waals surface area contributed by atoms with Gasteiger partial charge in [-0.1, -0.05) is 17.3 Å². The van der Waals surface area contributed by atoms with E-state index in [2.05, 4.69) is 25.8 Å². The number of benzene rings is 1. The zero-order chi connectivity index (χ0) is 20.8. The summed E-state index contributed by atoms with van der Waals surface area (Å²) in [6.07, 6.45) is 3.80. The van der Waals surface area contributed by atoms with E-state index in [1.807, 2.05) is 11.4 Å². The maximum absolute atomic E-state index is 12.3. The minimum absolute atomic E-state index is 0.184. The van der Waals surface area contributed by atoms with Crippen molar-refractivity contribution in [3.05, 3.63) is 77.1 Å². The van der Waals surface area contributed by atoms with Crippen LogP contribution in [0.4, 0.5) is 11.4 Å². The van der Waals surface area contributed by atoms with Gasteiger partial charge in [-0.05, 0) is 41.8 Å². The second kappa shape index (κ2) is 9.10. The Balaban J connectivity index is 1.31. The number of aryl methyl sites for hydroxylation is 1. The number of nitrogens with one attached hydrogen (secondary N) is 2. The normalized spacial score (nSPS) is 10.5. The Kier molecular flexibility index (Phi) is 5.90. The molecule has 1 aromatic carbocycles. The van der Waals surface area contributed by atoms with Crippen LogP contribution in [-0.2, 0) is 11.2 Å². The lowest BCUT2D eigenvalue weighted by molar-refractivity contribution is -0.116. The van der Waals surface area contributed by atoms with Crippen LogP contribution in [0.3, 0.4) is 0 Å². The quantitative estimate of drug-likeness (QED) is 0.468. The van der Waals surface area contributed by atoms with Crippen molar-refractivity contribution >= 4 is 34.5 Å². The fraction of sp³-hybridized carbons (Fsp3) is 0.0952. The first-order valence-electron chi connectivity index (χ1n) is 9.15. The Morgan fingerprint density at radius 2 is 1.80 bits per heavy atom. The number of thiophene rings is 1. The monoisotopic (exact) mass is 419 g/mol. The molecule has 0 bridgehead atoms. The second-order valence-corrected chi connectivity index (χ2v) is 7.26. The highest BCUT2D eigenvalue weighted by molar-refractivity contribution is 7.12. The van der Waals surface area contributed by atoms with Crippen molar-refractivity contribution in [3.8, 4) is 11.4 Å².